The Morgan fingerprint density at radius 3 is 2.80 bits per heavy atom. The van der Waals surface area contributed by atoms with Crippen molar-refractivity contribution < 1.29 is 13.6 Å². The van der Waals surface area contributed by atoms with Gasteiger partial charge in [-0.1, -0.05) is 25.1 Å². The summed E-state index contributed by atoms with van der Waals surface area (Å²) >= 11 is 0. The van der Waals surface area contributed by atoms with Crippen LogP contribution in [0.25, 0.3) is 5.65 Å². The lowest BCUT2D eigenvalue weighted by Gasteiger charge is -2.33. The van der Waals surface area contributed by atoms with E-state index in [4.69, 9.17) is 0 Å². The number of alkyl halides is 2. The molecule has 0 aliphatic carbocycles. The number of benzene rings is 1. The van der Waals surface area contributed by atoms with Gasteiger partial charge >= 0.3 is 0 Å². The lowest BCUT2D eigenvalue weighted by atomic mass is 9.91. The van der Waals surface area contributed by atoms with E-state index < -0.39 is 12.2 Å². The molecule has 0 bridgehead atoms. The molecule has 2 aromatic heterocycles. The van der Waals surface area contributed by atoms with Crippen LogP contribution < -0.4 is 4.90 Å². The summed E-state index contributed by atoms with van der Waals surface area (Å²) in [4.78, 5) is 14.7. The molecule has 3 heterocycles. The minimum absolute atomic E-state index is 0.213. The predicted octanol–water partition coefficient (Wildman–Crippen LogP) is 3.82. The summed E-state index contributed by atoms with van der Waals surface area (Å²) in [7, 11) is 0. The highest BCUT2D eigenvalue weighted by atomic mass is 19.3. The first-order chi connectivity index (χ1) is 12.1. The standard InChI is InChI=1S/C18H16F2N4O/c1-11-8-9-23(14-5-3-2-4-13(11)14)18(25)12-6-7-15-21-22-17(16(19)20)24(15)10-12/h2-7,10-11,16H,8-9H2,1H3/t11-/m1/s1. The monoisotopic (exact) mass is 342 g/mol. The van der Waals surface area contributed by atoms with Crippen LogP contribution in [-0.4, -0.2) is 27.0 Å². The van der Waals surface area contributed by atoms with Crippen molar-refractivity contribution in [3.8, 4) is 0 Å². The van der Waals surface area contributed by atoms with Crippen molar-refractivity contribution >= 4 is 17.2 Å². The molecular weight excluding hydrogens is 326 g/mol. The number of para-hydroxylation sites is 1. The maximum atomic E-state index is 13.0. The third-order valence-corrected chi connectivity index (χ3v) is 4.66. The summed E-state index contributed by atoms with van der Waals surface area (Å²) in [6, 6.07) is 10.9. The van der Waals surface area contributed by atoms with Crippen molar-refractivity contribution in [2.75, 3.05) is 11.4 Å². The van der Waals surface area contributed by atoms with Gasteiger partial charge in [-0.25, -0.2) is 8.78 Å². The van der Waals surface area contributed by atoms with E-state index in [0.717, 1.165) is 17.7 Å². The third-order valence-electron chi connectivity index (χ3n) is 4.66. The number of hydrogen-bond donors (Lipinski definition) is 0. The normalized spacial score (nSPS) is 17.1. The Labute approximate surface area is 142 Å². The highest BCUT2D eigenvalue weighted by Crippen LogP contribution is 2.35. The van der Waals surface area contributed by atoms with E-state index in [9.17, 15) is 13.6 Å². The van der Waals surface area contributed by atoms with Crippen molar-refractivity contribution in [3.05, 3.63) is 59.5 Å². The summed E-state index contributed by atoms with van der Waals surface area (Å²) in [5, 5.41) is 7.20. The number of carbonyl (C=O) groups excluding carboxylic acids is 1. The Morgan fingerprint density at radius 1 is 1.20 bits per heavy atom. The van der Waals surface area contributed by atoms with Crippen molar-refractivity contribution in [2.45, 2.75) is 25.7 Å². The molecule has 0 radical (unpaired) electrons. The van der Waals surface area contributed by atoms with E-state index in [2.05, 4.69) is 17.1 Å². The largest absolute Gasteiger partial charge is 0.308 e. The van der Waals surface area contributed by atoms with Crippen molar-refractivity contribution in [1.82, 2.24) is 14.6 Å². The topological polar surface area (TPSA) is 50.5 Å². The molecule has 1 amide bonds. The number of halogens is 2. The average Bonchev–Trinajstić information content (AvgIpc) is 3.05. The van der Waals surface area contributed by atoms with Gasteiger partial charge in [-0.3, -0.25) is 9.20 Å². The minimum Gasteiger partial charge on any atom is -0.308 e. The van der Waals surface area contributed by atoms with E-state index in [1.165, 1.54) is 16.7 Å². The molecule has 0 N–H and O–H groups in total. The van der Waals surface area contributed by atoms with Gasteiger partial charge in [-0.2, -0.15) is 0 Å². The first kappa shape index (κ1) is 15.7. The summed E-state index contributed by atoms with van der Waals surface area (Å²) in [5.41, 5.74) is 2.63. The van der Waals surface area contributed by atoms with E-state index in [1.54, 1.807) is 11.0 Å². The Kier molecular flexibility index (Phi) is 3.71. The number of carbonyl (C=O) groups is 1. The Hall–Kier alpha value is -2.83. The Balaban J connectivity index is 1.75. The quantitative estimate of drug-likeness (QED) is 0.711. The smallest absolute Gasteiger partial charge is 0.297 e. The molecule has 1 aliphatic heterocycles. The first-order valence-corrected chi connectivity index (χ1v) is 8.10. The molecule has 0 fully saturated rings. The molecule has 0 saturated heterocycles. The van der Waals surface area contributed by atoms with Crippen LogP contribution in [0, 0.1) is 0 Å². The summed E-state index contributed by atoms with van der Waals surface area (Å²) in [5.74, 6) is -0.293. The minimum atomic E-state index is -2.75. The van der Waals surface area contributed by atoms with Crippen LogP contribution >= 0.6 is 0 Å². The molecule has 4 rings (SSSR count). The van der Waals surface area contributed by atoms with Crippen molar-refractivity contribution in [3.63, 3.8) is 0 Å². The molecule has 5 nitrogen and oxygen atoms in total. The molecule has 1 aromatic carbocycles. The number of fused-ring (bicyclic) bond motifs is 2. The number of pyridine rings is 1. The molecule has 0 unspecified atom stereocenters. The Bertz CT molecular complexity index is 953. The highest BCUT2D eigenvalue weighted by Gasteiger charge is 2.27. The number of aromatic nitrogens is 3. The van der Waals surface area contributed by atoms with Gasteiger partial charge in [-0.05, 0) is 36.1 Å². The number of amides is 1. The predicted molar refractivity (Wildman–Crippen MR) is 89.1 cm³/mol. The summed E-state index contributed by atoms with van der Waals surface area (Å²) in [6.45, 7) is 2.73. The van der Waals surface area contributed by atoms with Gasteiger partial charge in [0.2, 0.25) is 5.82 Å². The van der Waals surface area contributed by atoms with Crippen LogP contribution in [0.2, 0.25) is 0 Å². The number of rotatable bonds is 2. The van der Waals surface area contributed by atoms with Gasteiger partial charge < -0.3 is 4.90 Å². The zero-order valence-electron chi connectivity index (χ0n) is 13.6. The van der Waals surface area contributed by atoms with Crippen LogP contribution in [0.1, 0.15) is 47.4 Å². The molecule has 1 aliphatic rings. The van der Waals surface area contributed by atoms with Gasteiger partial charge in [0, 0.05) is 18.4 Å². The zero-order valence-corrected chi connectivity index (χ0v) is 13.6. The fraction of sp³-hybridized carbons (Fsp3) is 0.278. The Morgan fingerprint density at radius 2 is 2.00 bits per heavy atom. The maximum Gasteiger partial charge on any atom is 0.297 e. The van der Waals surface area contributed by atoms with Crippen molar-refractivity contribution in [1.29, 1.82) is 0 Å². The van der Waals surface area contributed by atoms with Crippen LogP contribution in [0.3, 0.4) is 0 Å². The highest BCUT2D eigenvalue weighted by molar-refractivity contribution is 6.06. The summed E-state index contributed by atoms with van der Waals surface area (Å²) in [6.07, 6.45) is -0.503. The van der Waals surface area contributed by atoms with Crippen molar-refractivity contribution in [2.24, 2.45) is 0 Å². The fourth-order valence-corrected chi connectivity index (χ4v) is 3.30. The average molecular weight is 342 g/mol. The van der Waals surface area contributed by atoms with Gasteiger partial charge in [0.25, 0.3) is 12.3 Å². The van der Waals surface area contributed by atoms with Crippen LogP contribution in [0.4, 0.5) is 14.5 Å². The molecule has 1 atom stereocenters. The van der Waals surface area contributed by atoms with Gasteiger partial charge in [-0.15, -0.1) is 10.2 Å². The number of anilines is 1. The van der Waals surface area contributed by atoms with E-state index >= 15 is 0 Å². The van der Waals surface area contributed by atoms with Gasteiger partial charge in [0.05, 0.1) is 5.56 Å². The number of hydrogen-bond acceptors (Lipinski definition) is 3. The lowest BCUT2D eigenvalue weighted by molar-refractivity contribution is 0.0983. The fourth-order valence-electron chi connectivity index (χ4n) is 3.30. The van der Waals surface area contributed by atoms with E-state index in [1.807, 2.05) is 24.3 Å². The third kappa shape index (κ3) is 2.56. The van der Waals surface area contributed by atoms with Crippen LogP contribution in [0.5, 0.6) is 0 Å². The zero-order chi connectivity index (χ0) is 17.6. The molecule has 3 aromatic rings. The second kappa shape index (κ2) is 5.91. The van der Waals surface area contributed by atoms with Crippen LogP contribution in [0.15, 0.2) is 42.6 Å². The molecule has 128 valence electrons. The van der Waals surface area contributed by atoms with E-state index in [0.29, 0.717) is 23.7 Å². The van der Waals surface area contributed by atoms with E-state index in [-0.39, 0.29) is 5.91 Å². The lowest BCUT2D eigenvalue weighted by Crippen LogP contribution is -2.36. The molecule has 7 heteroatoms. The summed E-state index contributed by atoms with van der Waals surface area (Å²) < 4.78 is 27.3. The second-order valence-electron chi connectivity index (χ2n) is 6.21. The van der Waals surface area contributed by atoms with Gasteiger partial charge in [0.15, 0.2) is 5.65 Å². The molecule has 0 spiro atoms. The SMILES string of the molecule is C[C@@H]1CCN(C(=O)c2ccc3nnc(C(F)F)n3c2)c2ccccc21. The first-order valence-electron chi connectivity index (χ1n) is 8.10. The number of nitrogens with zero attached hydrogens (tertiary/aromatic N) is 4. The molecular formula is C18H16F2N4O. The molecule has 25 heavy (non-hydrogen) atoms. The maximum absolute atomic E-state index is 13.0. The molecule has 0 saturated carbocycles. The van der Waals surface area contributed by atoms with Crippen LogP contribution in [-0.2, 0) is 0 Å². The second-order valence-corrected chi connectivity index (χ2v) is 6.21. The van der Waals surface area contributed by atoms with Gasteiger partial charge in [0.1, 0.15) is 0 Å².